The number of likely N-dealkylation sites (tertiary alicyclic amines) is 1. The summed E-state index contributed by atoms with van der Waals surface area (Å²) in [4.78, 5) is 10.5. The third kappa shape index (κ3) is 5.97. The van der Waals surface area contributed by atoms with Gasteiger partial charge in [-0.15, -0.1) is 0 Å². The molecule has 0 saturated carbocycles. The molecule has 2 aliphatic rings. The molecule has 3 rings (SSSR count). The fourth-order valence-electron chi connectivity index (χ4n) is 3.56. The van der Waals surface area contributed by atoms with Crippen LogP contribution in [-0.2, 0) is 16.0 Å². The Labute approximate surface area is 174 Å². The maximum Gasteiger partial charge on any atom is 0.162 e. The number of allylic oxidation sites excluding steroid dienone is 4. The van der Waals surface area contributed by atoms with Crippen LogP contribution in [0.5, 0.6) is 0 Å². The molecule has 5 nitrogen and oxygen atoms in total. The molecule has 1 fully saturated rings. The van der Waals surface area contributed by atoms with Crippen molar-refractivity contribution < 1.29 is 9.47 Å². The highest BCUT2D eigenvalue weighted by Crippen LogP contribution is 2.21. The van der Waals surface area contributed by atoms with Gasteiger partial charge in [-0.25, -0.2) is 0 Å². The number of ether oxygens (including phenoxy) is 2. The van der Waals surface area contributed by atoms with Crippen molar-refractivity contribution in [3.05, 3.63) is 65.0 Å². The smallest absolute Gasteiger partial charge is 0.162 e. The molecule has 1 N–H and O–H groups in total. The van der Waals surface area contributed by atoms with Gasteiger partial charge >= 0.3 is 0 Å². The molecule has 2 aliphatic heterocycles. The minimum atomic E-state index is 0.437. The SMILES string of the molecule is COC1=C(OCC(C)C)/C=C/C=C/c2cc(CN3CCCC3C)[nH]c2C=N/C=C\1. The van der Waals surface area contributed by atoms with Gasteiger partial charge < -0.3 is 14.5 Å². The average Bonchev–Trinajstić information content (AvgIpc) is 3.26. The molecular formula is C24H33N3O2. The highest BCUT2D eigenvalue weighted by atomic mass is 16.5. The number of H-pyrrole nitrogens is 1. The summed E-state index contributed by atoms with van der Waals surface area (Å²) < 4.78 is 11.4. The van der Waals surface area contributed by atoms with Gasteiger partial charge in [0.25, 0.3) is 0 Å². The molecule has 3 heterocycles. The van der Waals surface area contributed by atoms with Crippen LogP contribution in [0.2, 0.25) is 0 Å². The van der Waals surface area contributed by atoms with E-state index >= 15 is 0 Å². The van der Waals surface area contributed by atoms with E-state index in [1.807, 2.05) is 30.5 Å². The lowest BCUT2D eigenvalue weighted by Gasteiger charge is -2.19. The molecule has 0 bridgehead atoms. The van der Waals surface area contributed by atoms with Crippen LogP contribution >= 0.6 is 0 Å². The molecule has 0 spiro atoms. The normalized spacial score (nSPS) is 25.9. The first-order valence-corrected chi connectivity index (χ1v) is 10.5. The lowest BCUT2D eigenvalue weighted by atomic mass is 10.2. The monoisotopic (exact) mass is 395 g/mol. The Balaban J connectivity index is 1.82. The predicted octanol–water partition coefficient (Wildman–Crippen LogP) is 5.05. The molecule has 0 aliphatic carbocycles. The highest BCUT2D eigenvalue weighted by Gasteiger charge is 2.20. The summed E-state index contributed by atoms with van der Waals surface area (Å²) in [5, 5.41) is 0. The fraction of sp³-hybridized carbons (Fsp3) is 0.458. The Kier molecular flexibility index (Phi) is 7.53. The van der Waals surface area contributed by atoms with E-state index in [1.54, 1.807) is 13.3 Å². The Morgan fingerprint density at radius 3 is 2.76 bits per heavy atom. The zero-order chi connectivity index (χ0) is 20.6. The Bertz CT molecular complexity index is 827. The van der Waals surface area contributed by atoms with E-state index in [2.05, 4.69) is 47.8 Å². The van der Waals surface area contributed by atoms with E-state index in [9.17, 15) is 0 Å². The minimum Gasteiger partial charge on any atom is -0.493 e. The Morgan fingerprint density at radius 2 is 2.03 bits per heavy atom. The van der Waals surface area contributed by atoms with Gasteiger partial charge in [0.15, 0.2) is 11.5 Å². The van der Waals surface area contributed by atoms with Crippen LogP contribution in [0.4, 0.5) is 0 Å². The third-order valence-electron chi connectivity index (χ3n) is 5.19. The van der Waals surface area contributed by atoms with Crippen molar-refractivity contribution in [3.63, 3.8) is 0 Å². The maximum absolute atomic E-state index is 5.93. The second kappa shape index (κ2) is 10.3. The summed E-state index contributed by atoms with van der Waals surface area (Å²) >= 11 is 0. The zero-order valence-corrected chi connectivity index (χ0v) is 18.0. The third-order valence-corrected chi connectivity index (χ3v) is 5.19. The number of hydrogen-bond donors (Lipinski definition) is 1. The topological polar surface area (TPSA) is 49.9 Å². The van der Waals surface area contributed by atoms with Crippen molar-refractivity contribution >= 4 is 12.3 Å². The number of nitrogens with zero attached hydrogens (tertiary/aromatic N) is 2. The number of rotatable bonds is 6. The van der Waals surface area contributed by atoms with Gasteiger partial charge in [-0.3, -0.25) is 9.89 Å². The van der Waals surface area contributed by atoms with Crippen LogP contribution in [0.3, 0.4) is 0 Å². The Hall–Kier alpha value is -2.53. The Morgan fingerprint density at radius 1 is 1.21 bits per heavy atom. The fourth-order valence-corrected chi connectivity index (χ4v) is 3.56. The van der Waals surface area contributed by atoms with Gasteiger partial charge in [-0.2, -0.15) is 0 Å². The van der Waals surface area contributed by atoms with Crippen LogP contribution in [0, 0.1) is 5.92 Å². The van der Waals surface area contributed by atoms with Crippen LogP contribution < -0.4 is 0 Å². The van der Waals surface area contributed by atoms with Gasteiger partial charge in [0.05, 0.1) is 25.6 Å². The number of aromatic amines is 1. The molecule has 29 heavy (non-hydrogen) atoms. The van der Waals surface area contributed by atoms with Gasteiger partial charge in [0.2, 0.25) is 0 Å². The largest absolute Gasteiger partial charge is 0.493 e. The zero-order valence-electron chi connectivity index (χ0n) is 18.0. The number of fused-ring (bicyclic) bond motifs is 1. The van der Waals surface area contributed by atoms with Crippen LogP contribution in [0.15, 0.2) is 53.1 Å². The van der Waals surface area contributed by atoms with Gasteiger partial charge in [-0.1, -0.05) is 32.1 Å². The molecule has 1 unspecified atom stereocenters. The van der Waals surface area contributed by atoms with Crippen molar-refractivity contribution in [2.75, 3.05) is 20.3 Å². The molecule has 1 saturated heterocycles. The van der Waals surface area contributed by atoms with Crippen LogP contribution in [0.25, 0.3) is 6.08 Å². The van der Waals surface area contributed by atoms with Crippen LogP contribution in [0.1, 0.15) is 50.6 Å². The molecule has 5 heteroatoms. The molecular weight excluding hydrogens is 362 g/mol. The van der Waals surface area contributed by atoms with Crippen molar-refractivity contribution in [1.29, 1.82) is 0 Å². The van der Waals surface area contributed by atoms with Crippen molar-refractivity contribution in [2.45, 2.75) is 46.2 Å². The average molecular weight is 396 g/mol. The molecule has 1 atom stereocenters. The van der Waals surface area contributed by atoms with E-state index < -0.39 is 0 Å². The van der Waals surface area contributed by atoms with E-state index in [0.717, 1.165) is 17.8 Å². The quantitative estimate of drug-likeness (QED) is 0.734. The predicted molar refractivity (Wildman–Crippen MR) is 120 cm³/mol. The summed E-state index contributed by atoms with van der Waals surface area (Å²) in [6.45, 7) is 9.31. The number of aliphatic imine (C=N–C) groups is 1. The minimum absolute atomic E-state index is 0.437. The van der Waals surface area contributed by atoms with Crippen molar-refractivity contribution in [3.8, 4) is 0 Å². The molecule has 0 radical (unpaired) electrons. The van der Waals surface area contributed by atoms with E-state index in [-0.39, 0.29) is 0 Å². The molecule has 0 amide bonds. The highest BCUT2D eigenvalue weighted by molar-refractivity contribution is 5.84. The first-order chi connectivity index (χ1) is 14.1. The number of hydrogen-bond acceptors (Lipinski definition) is 4. The van der Waals surface area contributed by atoms with Gasteiger partial charge in [-0.05, 0) is 44.4 Å². The lowest BCUT2D eigenvalue weighted by Crippen LogP contribution is -2.26. The first kappa shape index (κ1) is 21.2. The first-order valence-electron chi connectivity index (χ1n) is 10.5. The number of methoxy groups -OCH3 is 1. The number of aromatic nitrogens is 1. The van der Waals surface area contributed by atoms with Gasteiger partial charge in [0, 0.05) is 36.1 Å². The summed E-state index contributed by atoms with van der Waals surface area (Å²) in [6.07, 6.45) is 16.1. The van der Waals surface area contributed by atoms with Crippen molar-refractivity contribution in [1.82, 2.24) is 9.88 Å². The van der Waals surface area contributed by atoms with E-state index in [4.69, 9.17) is 9.47 Å². The van der Waals surface area contributed by atoms with Gasteiger partial charge in [0.1, 0.15) is 0 Å². The molecule has 1 aromatic rings. The summed E-state index contributed by atoms with van der Waals surface area (Å²) in [6, 6.07) is 2.87. The van der Waals surface area contributed by atoms with E-state index in [0.29, 0.717) is 30.1 Å². The van der Waals surface area contributed by atoms with Crippen LogP contribution in [-0.4, -0.2) is 42.4 Å². The molecule has 1 aromatic heterocycles. The second-order valence-corrected chi connectivity index (χ2v) is 8.07. The summed E-state index contributed by atoms with van der Waals surface area (Å²) in [5.41, 5.74) is 3.37. The lowest BCUT2D eigenvalue weighted by molar-refractivity contribution is 0.168. The maximum atomic E-state index is 5.93. The summed E-state index contributed by atoms with van der Waals surface area (Å²) in [5.74, 6) is 1.80. The molecule has 156 valence electrons. The second-order valence-electron chi connectivity index (χ2n) is 8.07. The number of nitrogens with one attached hydrogen (secondary N) is 1. The standard InChI is InChI=1S/C24H33N3O2/c1-18(2)17-29-24-10-6-5-9-20-14-21(16-27-13-7-8-19(27)3)26-22(20)15-25-12-11-23(24)28-4/h5-6,9-12,14-15,18-19,26H,7-8,13,16-17H2,1-4H3/b6-5?,9-5+,10-6+,12-11-,20-9?,22-15?,23-11?,24-10?,24-23-,25-12?,25-15?. The molecule has 0 aromatic carbocycles. The summed E-state index contributed by atoms with van der Waals surface area (Å²) in [7, 11) is 1.65. The van der Waals surface area contributed by atoms with Crippen molar-refractivity contribution in [2.24, 2.45) is 10.9 Å². The van der Waals surface area contributed by atoms with E-state index in [1.165, 1.54) is 25.1 Å².